The molecule has 0 atom stereocenters. The number of hydrogen-bond donors (Lipinski definition) is 2. The van der Waals surface area contributed by atoms with Crippen LogP contribution in [-0.2, 0) is 4.79 Å². The van der Waals surface area contributed by atoms with E-state index in [1.54, 1.807) is 30.3 Å². The molecular formula is C14H11Br2N3O3. The lowest BCUT2D eigenvalue weighted by Crippen LogP contribution is -2.18. The van der Waals surface area contributed by atoms with Gasteiger partial charge < -0.3 is 9.73 Å². The monoisotopic (exact) mass is 427 g/mol. The van der Waals surface area contributed by atoms with Crippen molar-refractivity contribution in [2.24, 2.45) is 5.10 Å². The molecule has 1 aromatic heterocycles. The SMILES string of the molecule is CC(=O)Nc1cccc(C(=O)N/N=C\c2cc(Br)c(Br)o2)c1. The van der Waals surface area contributed by atoms with E-state index >= 15 is 0 Å². The van der Waals surface area contributed by atoms with Gasteiger partial charge >= 0.3 is 0 Å². The van der Waals surface area contributed by atoms with Gasteiger partial charge in [-0.15, -0.1) is 0 Å². The molecule has 22 heavy (non-hydrogen) atoms. The number of amides is 2. The first kappa shape index (κ1) is 16.4. The second-order valence-corrected chi connectivity index (χ2v) is 5.81. The van der Waals surface area contributed by atoms with Gasteiger partial charge in [-0.05, 0) is 50.1 Å². The highest BCUT2D eigenvalue weighted by Crippen LogP contribution is 2.25. The lowest BCUT2D eigenvalue weighted by molar-refractivity contribution is -0.114. The first-order valence-electron chi connectivity index (χ1n) is 6.11. The topological polar surface area (TPSA) is 83.7 Å². The van der Waals surface area contributed by atoms with Crippen LogP contribution in [0.1, 0.15) is 23.0 Å². The van der Waals surface area contributed by atoms with Crippen molar-refractivity contribution < 1.29 is 14.0 Å². The largest absolute Gasteiger partial charge is 0.447 e. The van der Waals surface area contributed by atoms with Gasteiger partial charge in [0.1, 0.15) is 5.76 Å². The molecule has 1 heterocycles. The molecule has 0 aliphatic heterocycles. The Balaban J connectivity index is 2.01. The number of carbonyl (C=O) groups is 2. The van der Waals surface area contributed by atoms with Crippen LogP contribution in [0.2, 0.25) is 0 Å². The van der Waals surface area contributed by atoms with Crippen molar-refractivity contribution in [2.75, 3.05) is 5.32 Å². The summed E-state index contributed by atoms with van der Waals surface area (Å²) in [7, 11) is 0. The van der Waals surface area contributed by atoms with Gasteiger partial charge in [0.2, 0.25) is 5.91 Å². The van der Waals surface area contributed by atoms with E-state index in [0.29, 0.717) is 21.7 Å². The van der Waals surface area contributed by atoms with E-state index in [-0.39, 0.29) is 5.91 Å². The van der Waals surface area contributed by atoms with Crippen LogP contribution in [0, 0.1) is 0 Å². The molecular weight excluding hydrogens is 418 g/mol. The van der Waals surface area contributed by atoms with Gasteiger partial charge in [0.25, 0.3) is 5.91 Å². The van der Waals surface area contributed by atoms with Crippen molar-refractivity contribution in [2.45, 2.75) is 6.92 Å². The summed E-state index contributed by atoms with van der Waals surface area (Å²) in [4.78, 5) is 23.0. The van der Waals surface area contributed by atoms with Gasteiger partial charge in [-0.1, -0.05) is 6.07 Å². The van der Waals surface area contributed by atoms with E-state index in [4.69, 9.17) is 4.42 Å². The fourth-order valence-electron chi connectivity index (χ4n) is 1.59. The van der Waals surface area contributed by atoms with Crippen molar-refractivity contribution in [1.29, 1.82) is 0 Å². The summed E-state index contributed by atoms with van der Waals surface area (Å²) >= 11 is 6.48. The molecule has 0 radical (unpaired) electrons. The Labute approximate surface area is 143 Å². The van der Waals surface area contributed by atoms with Crippen LogP contribution < -0.4 is 10.7 Å². The quantitative estimate of drug-likeness (QED) is 0.577. The highest BCUT2D eigenvalue weighted by molar-refractivity contribution is 9.13. The number of anilines is 1. The molecule has 0 aliphatic carbocycles. The Kier molecular flexibility index (Phi) is 5.51. The van der Waals surface area contributed by atoms with Crippen LogP contribution in [0.5, 0.6) is 0 Å². The first-order chi connectivity index (χ1) is 10.5. The standard InChI is InChI=1S/C14H11Br2N3O3/c1-8(20)18-10-4-2-3-9(5-10)14(21)19-17-7-11-6-12(15)13(16)22-11/h2-7H,1H3,(H,18,20)(H,19,21)/b17-7-. The molecule has 2 aromatic rings. The third-order valence-corrected chi connectivity index (χ3v) is 4.18. The summed E-state index contributed by atoms with van der Waals surface area (Å²) in [5.41, 5.74) is 3.31. The fourth-order valence-corrected chi connectivity index (χ4v) is 2.20. The molecule has 2 rings (SSSR count). The Bertz CT molecular complexity index is 721. The van der Waals surface area contributed by atoms with Crippen LogP contribution in [0.25, 0.3) is 0 Å². The van der Waals surface area contributed by atoms with E-state index in [2.05, 4.69) is 47.7 Å². The zero-order valence-corrected chi connectivity index (χ0v) is 14.6. The van der Waals surface area contributed by atoms with Gasteiger partial charge in [-0.2, -0.15) is 5.10 Å². The van der Waals surface area contributed by atoms with Crippen molar-refractivity contribution in [3.05, 3.63) is 50.8 Å². The zero-order chi connectivity index (χ0) is 16.1. The van der Waals surface area contributed by atoms with E-state index in [9.17, 15) is 9.59 Å². The maximum atomic E-state index is 12.0. The summed E-state index contributed by atoms with van der Waals surface area (Å²) < 4.78 is 6.58. The molecule has 0 fully saturated rings. The van der Waals surface area contributed by atoms with Crippen LogP contribution in [0.15, 0.2) is 49.0 Å². The van der Waals surface area contributed by atoms with Crippen molar-refractivity contribution in [3.63, 3.8) is 0 Å². The summed E-state index contributed by atoms with van der Waals surface area (Å²) in [5, 5.41) is 6.42. The van der Waals surface area contributed by atoms with Gasteiger partial charge in [0.05, 0.1) is 10.7 Å². The van der Waals surface area contributed by atoms with Crippen molar-refractivity contribution in [1.82, 2.24) is 5.43 Å². The molecule has 0 aliphatic rings. The number of hydrogen-bond acceptors (Lipinski definition) is 4. The van der Waals surface area contributed by atoms with Crippen LogP contribution in [0.4, 0.5) is 5.69 Å². The van der Waals surface area contributed by atoms with Gasteiger partial charge in [0, 0.05) is 24.2 Å². The highest BCUT2D eigenvalue weighted by Gasteiger charge is 2.07. The maximum absolute atomic E-state index is 12.0. The van der Waals surface area contributed by atoms with Crippen molar-refractivity contribution >= 4 is 55.6 Å². The second kappa shape index (κ2) is 7.37. The third-order valence-electron chi connectivity index (χ3n) is 2.47. The molecule has 2 N–H and O–H groups in total. The van der Waals surface area contributed by atoms with Crippen LogP contribution >= 0.6 is 31.9 Å². The predicted molar refractivity (Wildman–Crippen MR) is 89.9 cm³/mol. The fraction of sp³-hybridized carbons (Fsp3) is 0.0714. The number of rotatable bonds is 4. The zero-order valence-electron chi connectivity index (χ0n) is 11.4. The first-order valence-corrected chi connectivity index (χ1v) is 7.70. The summed E-state index contributed by atoms with van der Waals surface area (Å²) in [6.07, 6.45) is 1.38. The average molecular weight is 429 g/mol. The molecule has 0 unspecified atom stereocenters. The van der Waals surface area contributed by atoms with E-state index < -0.39 is 5.91 Å². The molecule has 114 valence electrons. The van der Waals surface area contributed by atoms with E-state index in [1.807, 2.05) is 0 Å². The number of benzene rings is 1. The Hall–Kier alpha value is -1.93. The number of halogens is 2. The number of nitrogens with one attached hydrogen (secondary N) is 2. The Morgan fingerprint density at radius 1 is 1.27 bits per heavy atom. The summed E-state index contributed by atoms with van der Waals surface area (Å²) in [6.45, 7) is 1.40. The molecule has 8 heteroatoms. The Morgan fingerprint density at radius 3 is 2.68 bits per heavy atom. The lowest BCUT2D eigenvalue weighted by atomic mass is 10.2. The molecule has 0 saturated carbocycles. The van der Waals surface area contributed by atoms with Gasteiger partial charge in [0.15, 0.2) is 4.67 Å². The molecule has 2 amide bonds. The number of nitrogens with zero attached hydrogens (tertiary/aromatic N) is 1. The summed E-state index contributed by atoms with van der Waals surface area (Å²) in [5.74, 6) is -0.122. The van der Waals surface area contributed by atoms with Gasteiger partial charge in [-0.3, -0.25) is 9.59 Å². The predicted octanol–water partition coefficient (Wildman–Crippen LogP) is 3.53. The molecule has 0 spiro atoms. The minimum absolute atomic E-state index is 0.204. The lowest BCUT2D eigenvalue weighted by Gasteiger charge is -2.04. The highest BCUT2D eigenvalue weighted by atomic mass is 79.9. The number of carbonyl (C=O) groups excluding carboxylic acids is 2. The molecule has 1 aromatic carbocycles. The smallest absolute Gasteiger partial charge is 0.271 e. The van der Waals surface area contributed by atoms with Crippen LogP contribution in [-0.4, -0.2) is 18.0 Å². The van der Waals surface area contributed by atoms with Gasteiger partial charge in [-0.25, -0.2) is 5.43 Å². The minimum Gasteiger partial charge on any atom is -0.447 e. The minimum atomic E-state index is -0.395. The normalized spacial score (nSPS) is 10.7. The van der Waals surface area contributed by atoms with Crippen molar-refractivity contribution in [3.8, 4) is 0 Å². The number of hydrazone groups is 1. The van der Waals surface area contributed by atoms with E-state index in [0.717, 1.165) is 4.47 Å². The molecule has 0 bridgehead atoms. The molecule has 0 saturated heterocycles. The second-order valence-electron chi connectivity index (χ2n) is 4.23. The Morgan fingerprint density at radius 2 is 2.05 bits per heavy atom. The number of furan rings is 1. The average Bonchev–Trinajstić information content (AvgIpc) is 2.77. The van der Waals surface area contributed by atoms with Crippen LogP contribution in [0.3, 0.4) is 0 Å². The molecule has 6 nitrogen and oxygen atoms in total. The third kappa shape index (κ3) is 4.54. The maximum Gasteiger partial charge on any atom is 0.271 e. The summed E-state index contributed by atoms with van der Waals surface area (Å²) in [6, 6.07) is 8.25. The van der Waals surface area contributed by atoms with E-state index in [1.165, 1.54) is 13.1 Å².